The minimum Gasteiger partial charge on any atom is -0.493 e. The highest BCUT2D eigenvalue weighted by atomic mass is 32.2. The largest absolute Gasteiger partial charge is 0.493 e. The molecule has 5 rings (SSSR count). The van der Waals surface area contributed by atoms with Crippen molar-refractivity contribution >= 4 is 33.1 Å². The molecule has 0 spiro atoms. The number of nitrogens with two attached hydrogens (primary N) is 1. The topological polar surface area (TPSA) is 147 Å². The molecule has 0 radical (unpaired) electrons. The Morgan fingerprint density at radius 1 is 1.09 bits per heavy atom. The van der Waals surface area contributed by atoms with Gasteiger partial charge in [0.05, 0.1) is 24.3 Å². The lowest BCUT2D eigenvalue weighted by molar-refractivity contribution is -0.151. The van der Waals surface area contributed by atoms with E-state index in [0.717, 1.165) is 47.6 Å². The predicted octanol–water partition coefficient (Wildman–Crippen LogP) is 5.26. The SMILES string of the molecule is C.CC1CCCCC1.Cc1nccc(-n2ccc3c(OCCCS(C)(=O)=O)cccc32)n1.NCCC(=O)OC1CCN(C=O)CC1. The number of piperidine rings is 1. The van der Waals surface area contributed by atoms with Crippen molar-refractivity contribution in [3.05, 3.63) is 48.5 Å². The fourth-order valence-corrected chi connectivity index (χ4v) is 5.96. The number of carbonyl (C=O) groups is 2. The van der Waals surface area contributed by atoms with Crippen LogP contribution in [0.15, 0.2) is 42.7 Å². The normalized spacial score (nSPS) is 15.4. The molecule has 0 unspecified atom stereocenters. The molecule has 3 aromatic rings. The highest BCUT2D eigenvalue weighted by molar-refractivity contribution is 7.90. The first-order valence-corrected chi connectivity index (χ1v) is 17.9. The van der Waals surface area contributed by atoms with Crippen molar-refractivity contribution in [3.8, 4) is 11.6 Å². The van der Waals surface area contributed by atoms with E-state index in [0.29, 0.717) is 38.5 Å². The van der Waals surface area contributed by atoms with Crippen molar-refractivity contribution in [3.63, 3.8) is 0 Å². The van der Waals surface area contributed by atoms with Crippen LogP contribution in [0.2, 0.25) is 0 Å². The first-order chi connectivity index (χ1) is 21.6. The van der Waals surface area contributed by atoms with Gasteiger partial charge in [-0.3, -0.25) is 9.59 Å². The second kappa shape index (κ2) is 19.9. The molecule has 1 saturated heterocycles. The van der Waals surface area contributed by atoms with Crippen molar-refractivity contribution in [2.24, 2.45) is 11.7 Å². The third kappa shape index (κ3) is 13.5. The van der Waals surface area contributed by atoms with Crippen LogP contribution in [0.1, 0.15) is 78.0 Å². The molecule has 0 bridgehead atoms. The number of hydrogen-bond donors (Lipinski definition) is 1. The predicted molar refractivity (Wildman–Crippen MR) is 183 cm³/mol. The minimum absolute atomic E-state index is 0. The maximum atomic E-state index is 11.2. The number of benzene rings is 1. The Hall–Kier alpha value is -3.51. The number of esters is 1. The summed E-state index contributed by atoms with van der Waals surface area (Å²) >= 11 is 0. The van der Waals surface area contributed by atoms with Gasteiger partial charge in [-0.05, 0) is 43.5 Å². The average molecular weight is 660 g/mol. The van der Waals surface area contributed by atoms with Crippen LogP contribution < -0.4 is 10.5 Å². The van der Waals surface area contributed by atoms with Crippen LogP contribution in [0.4, 0.5) is 0 Å². The van der Waals surface area contributed by atoms with Gasteiger partial charge in [0, 0.05) is 56.5 Å². The highest BCUT2D eigenvalue weighted by Gasteiger charge is 2.20. The second-order valence-electron chi connectivity index (χ2n) is 11.8. The molecule has 2 aliphatic rings. The van der Waals surface area contributed by atoms with Crippen molar-refractivity contribution in [1.82, 2.24) is 19.4 Å². The van der Waals surface area contributed by atoms with Crippen LogP contribution in [0.5, 0.6) is 5.75 Å². The minimum atomic E-state index is -2.96. The maximum absolute atomic E-state index is 11.2. The molecule has 12 heteroatoms. The zero-order valence-electron chi connectivity index (χ0n) is 26.9. The van der Waals surface area contributed by atoms with Gasteiger partial charge in [0.1, 0.15) is 33.3 Å². The molecule has 2 N–H and O–H groups in total. The number of ether oxygens (including phenoxy) is 2. The van der Waals surface area contributed by atoms with Crippen LogP contribution in [0.25, 0.3) is 16.7 Å². The lowest BCUT2D eigenvalue weighted by Crippen LogP contribution is -2.37. The molecule has 1 aliphatic heterocycles. The van der Waals surface area contributed by atoms with E-state index < -0.39 is 9.84 Å². The van der Waals surface area contributed by atoms with E-state index in [2.05, 4.69) is 16.9 Å². The summed E-state index contributed by atoms with van der Waals surface area (Å²) in [6.45, 7) is 6.24. The fraction of sp³-hybridized carbons (Fsp3) is 0.588. The van der Waals surface area contributed by atoms with Gasteiger partial charge in [0.25, 0.3) is 0 Å². The lowest BCUT2D eigenvalue weighted by Gasteiger charge is -2.28. The Bertz CT molecular complexity index is 1450. The standard InChI is InChI=1S/C17H19N3O3S.C9H16N2O3.C7H14.CH4/c1-13-18-9-7-17(19-13)20-10-8-14-15(20)5-3-6-16(14)23-11-4-12-24(2,21)22;10-4-1-9(13)14-8-2-5-11(7-12)6-3-8;1-7-5-3-2-4-6-7;/h3,5-10H,4,11-12H2,1-2H3;7-8H,1-6,10H2;7H,2-6H2,1H3;1H4. The molecule has 11 nitrogen and oxygen atoms in total. The third-order valence-electron chi connectivity index (χ3n) is 7.78. The van der Waals surface area contributed by atoms with Crippen LogP contribution in [0, 0.1) is 12.8 Å². The second-order valence-corrected chi connectivity index (χ2v) is 14.0. The summed E-state index contributed by atoms with van der Waals surface area (Å²) in [6.07, 6.45) is 15.3. The Labute approximate surface area is 274 Å². The first kappa shape index (κ1) is 38.7. The summed E-state index contributed by atoms with van der Waals surface area (Å²) in [4.78, 5) is 31.7. The van der Waals surface area contributed by atoms with Gasteiger partial charge >= 0.3 is 5.97 Å². The molecule has 1 saturated carbocycles. The number of nitrogens with zero attached hydrogens (tertiary/aromatic N) is 4. The number of likely N-dealkylation sites (tertiary alicyclic amines) is 1. The van der Waals surface area contributed by atoms with E-state index in [1.165, 1.54) is 38.4 Å². The van der Waals surface area contributed by atoms with Gasteiger partial charge in [-0.25, -0.2) is 18.4 Å². The molecular formula is C34H53N5O6S. The Morgan fingerprint density at radius 2 is 1.80 bits per heavy atom. The summed E-state index contributed by atoms with van der Waals surface area (Å²) in [5.41, 5.74) is 6.20. The van der Waals surface area contributed by atoms with Crippen LogP contribution in [0.3, 0.4) is 0 Å². The molecule has 1 aromatic carbocycles. The Morgan fingerprint density at radius 3 is 2.39 bits per heavy atom. The van der Waals surface area contributed by atoms with Gasteiger partial charge in [0.15, 0.2) is 0 Å². The molecule has 2 fully saturated rings. The molecule has 0 atom stereocenters. The smallest absolute Gasteiger partial charge is 0.307 e. The number of aryl methyl sites for hydroxylation is 1. The summed E-state index contributed by atoms with van der Waals surface area (Å²) in [5, 5.41) is 0.966. The van der Waals surface area contributed by atoms with Crippen molar-refractivity contribution in [1.29, 1.82) is 0 Å². The van der Waals surface area contributed by atoms with Crippen molar-refractivity contribution < 1.29 is 27.5 Å². The van der Waals surface area contributed by atoms with E-state index in [4.69, 9.17) is 15.2 Å². The number of aromatic nitrogens is 3. The average Bonchev–Trinajstić information content (AvgIpc) is 3.46. The van der Waals surface area contributed by atoms with Crippen molar-refractivity contribution in [2.75, 3.05) is 38.2 Å². The summed E-state index contributed by atoms with van der Waals surface area (Å²) in [6, 6.07) is 9.62. The van der Waals surface area contributed by atoms with Gasteiger partial charge < -0.3 is 24.7 Å². The molecule has 2 aromatic heterocycles. The molecule has 3 heterocycles. The van der Waals surface area contributed by atoms with E-state index in [9.17, 15) is 18.0 Å². The fourth-order valence-electron chi connectivity index (χ4n) is 5.31. The number of hydrogen-bond acceptors (Lipinski definition) is 9. The van der Waals surface area contributed by atoms with E-state index in [1.54, 1.807) is 11.1 Å². The Kier molecular flexibility index (Phi) is 16.7. The van der Waals surface area contributed by atoms with Gasteiger partial charge in [-0.2, -0.15) is 0 Å². The van der Waals surface area contributed by atoms with Gasteiger partial charge in [0.2, 0.25) is 6.41 Å². The van der Waals surface area contributed by atoms with Gasteiger partial charge in [-0.1, -0.05) is 52.5 Å². The monoisotopic (exact) mass is 659 g/mol. The van der Waals surface area contributed by atoms with E-state index >= 15 is 0 Å². The molecule has 46 heavy (non-hydrogen) atoms. The van der Waals surface area contributed by atoms with E-state index in [-0.39, 0.29) is 31.7 Å². The van der Waals surface area contributed by atoms with Gasteiger partial charge in [-0.15, -0.1) is 0 Å². The third-order valence-corrected chi connectivity index (χ3v) is 8.81. The zero-order chi connectivity index (χ0) is 32.7. The Balaban J connectivity index is 0.000000282. The lowest BCUT2D eigenvalue weighted by atomic mass is 9.91. The molecule has 1 aliphatic carbocycles. The number of carbonyl (C=O) groups excluding carboxylic acids is 2. The first-order valence-electron chi connectivity index (χ1n) is 15.9. The highest BCUT2D eigenvalue weighted by Crippen LogP contribution is 2.28. The number of amides is 1. The number of rotatable bonds is 10. The molecular weight excluding hydrogens is 606 g/mol. The maximum Gasteiger partial charge on any atom is 0.307 e. The zero-order valence-corrected chi connectivity index (χ0v) is 27.7. The number of fused-ring (bicyclic) bond motifs is 1. The molecule has 256 valence electrons. The summed E-state index contributed by atoms with van der Waals surface area (Å²) in [7, 11) is -2.96. The molecule has 1 amide bonds. The van der Waals surface area contributed by atoms with E-state index in [1.807, 2.05) is 48.0 Å². The van der Waals surface area contributed by atoms with Crippen LogP contribution in [-0.4, -0.2) is 84.6 Å². The summed E-state index contributed by atoms with van der Waals surface area (Å²) < 4.78 is 35.3. The number of sulfone groups is 1. The summed E-state index contributed by atoms with van der Waals surface area (Å²) in [5.74, 6) is 3.18. The van der Waals surface area contributed by atoms with Crippen LogP contribution >= 0.6 is 0 Å². The van der Waals surface area contributed by atoms with Crippen molar-refractivity contribution in [2.45, 2.75) is 85.2 Å². The van der Waals surface area contributed by atoms with Crippen LogP contribution in [-0.2, 0) is 24.2 Å². The quantitative estimate of drug-likeness (QED) is 0.175.